The number of para-hydroxylation sites is 1. The fourth-order valence-electron chi connectivity index (χ4n) is 3.00. The van der Waals surface area contributed by atoms with Crippen molar-refractivity contribution in [1.82, 2.24) is 0 Å². The van der Waals surface area contributed by atoms with E-state index in [0.29, 0.717) is 6.54 Å². The first-order valence-electron chi connectivity index (χ1n) is 9.39. The maximum absolute atomic E-state index is 10.5. The number of nitrogens with zero attached hydrogens (tertiary/aromatic N) is 1. The van der Waals surface area contributed by atoms with E-state index in [2.05, 4.69) is 29.6 Å². The van der Waals surface area contributed by atoms with Crippen molar-refractivity contribution < 1.29 is 18.8 Å². The van der Waals surface area contributed by atoms with Crippen LogP contribution in [0.25, 0.3) is 11.1 Å². The summed E-state index contributed by atoms with van der Waals surface area (Å²) in [5.74, 6) is -0.137. The molecule has 2 N–H and O–H groups in total. The van der Waals surface area contributed by atoms with Gasteiger partial charge in [0.15, 0.2) is 6.61 Å². The molecule has 3 rings (SSSR count). The van der Waals surface area contributed by atoms with Gasteiger partial charge in [-0.3, -0.25) is 8.49 Å². The van der Waals surface area contributed by atoms with E-state index in [4.69, 9.17) is 14.0 Å². The standard InChI is InChI=1S/C23H24N2O4S.H2S/c1-25(30-29-16-22(26)27)20-13-11-19(12-14-20)24-15-18-9-6-10-21(23(18)28-2)17-7-4-3-5-8-17;/h3-14,24H,15-16H2,1-2H3,(H,26,27);1H2. The second kappa shape index (κ2) is 12.1. The minimum atomic E-state index is -0.998. The van der Waals surface area contributed by atoms with Gasteiger partial charge < -0.3 is 15.2 Å². The third kappa shape index (κ3) is 6.85. The fraction of sp³-hybridized carbons (Fsp3) is 0.174. The van der Waals surface area contributed by atoms with E-state index >= 15 is 0 Å². The van der Waals surface area contributed by atoms with E-state index in [0.717, 1.165) is 46.0 Å². The number of nitrogens with one attached hydrogen (secondary N) is 1. The van der Waals surface area contributed by atoms with Crippen molar-refractivity contribution in [2.24, 2.45) is 0 Å². The topological polar surface area (TPSA) is 71.0 Å². The highest BCUT2D eigenvalue weighted by atomic mass is 32.2. The Labute approximate surface area is 194 Å². The molecule has 3 aromatic rings. The summed E-state index contributed by atoms with van der Waals surface area (Å²) in [5, 5.41) is 12.1. The summed E-state index contributed by atoms with van der Waals surface area (Å²) >= 11 is 0.994. The zero-order valence-electron chi connectivity index (χ0n) is 17.4. The van der Waals surface area contributed by atoms with E-state index in [1.165, 1.54) is 0 Å². The van der Waals surface area contributed by atoms with Gasteiger partial charge >= 0.3 is 5.97 Å². The zero-order chi connectivity index (χ0) is 21.3. The summed E-state index contributed by atoms with van der Waals surface area (Å²) in [6.07, 6.45) is 0. The Kier molecular flexibility index (Phi) is 9.58. The molecular weight excluding hydrogens is 432 g/mol. The first kappa shape index (κ1) is 24.5. The lowest BCUT2D eigenvalue weighted by Gasteiger charge is -2.17. The molecule has 8 heteroatoms. The third-order valence-electron chi connectivity index (χ3n) is 4.45. The molecular formula is C23H26N2O4S2. The monoisotopic (exact) mass is 458 g/mol. The van der Waals surface area contributed by atoms with Crippen LogP contribution in [0.3, 0.4) is 0 Å². The fourth-order valence-corrected chi connectivity index (χ4v) is 3.51. The summed E-state index contributed by atoms with van der Waals surface area (Å²) in [6.45, 7) is 0.272. The number of aliphatic carboxylic acids is 1. The molecule has 0 aromatic heterocycles. The minimum absolute atomic E-state index is 0. The first-order valence-corrected chi connectivity index (χ1v) is 10.1. The second-order valence-corrected chi connectivity index (χ2v) is 7.42. The molecule has 0 radical (unpaired) electrons. The molecule has 0 amide bonds. The largest absolute Gasteiger partial charge is 0.496 e. The van der Waals surface area contributed by atoms with Crippen LogP contribution in [0.4, 0.5) is 11.4 Å². The van der Waals surface area contributed by atoms with Gasteiger partial charge in [0.05, 0.1) is 7.11 Å². The molecule has 0 fully saturated rings. The Bertz CT molecular complexity index is 969. The number of hydrogen-bond donors (Lipinski definition) is 2. The van der Waals surface area contributed by atoms with Gasteiger partial charge in [0.1, 0.15) is 18.0 Å². The Morgan fingerprint density at radius 3 is 2.39 bits per heavy atom. The second-order valence-electron chi connectivity index (χ2n) is 6.49. The Morgan fingerprint density at radius 2 is 1.74 bits per heavy atom. The molecule has 0 saturated carbocycles. The molecule has 0 saturated heterocycles. The molecule has 3 aromatic carbocycles. The maximum Gasteiger partial charge on any atom is 0.331 e. The first-order chi connectivity index (χ1) is 14.6. The molecule has 0 aliphatic rings. The predicted octanol–water partition coefficient (Wildman–Crippen LogP) is 5.19. The van der Waals surface area contributed by atoms with Gasteiger partial charge in [-0.25, -0.2) is 4.79 Å². The average Bonchev–Trinajstić information content (AvgIpc) is 2.78. The van der Waals surface area contributed by atoms with E-state index < -0.39 is 5.97 Å². The van der Waals surface area contributed by atoms with Crippen LogP contribution < -0.4 is 14.4 Å². The van der Waals surface area contributed by atoms with Crippen LogP contribution in [0.2, 0.25) is 0 Å². The van der Waals surface area contributed by atoms with Gasteiger partial charge in [-0.2, -0.15) is 13.5 Å². The average molecular weight is 459 g/mol. The van der Waals surface area contributed by atoms with Crippen LogP contribution in [-0.4, -0.2) is 31.8 Å². The SMILES string of the molecule is COc1c(CNc2ccc(N(C)SOCC(=O)O)cc2)cccc1-c1ccccc1.S. The molecule has 0 aliphatic carbocycles. The molecule has 164 valence electrons. The molecule has 0 aliphatic heterocycles. The maximum atomic E-state index is 10.5. The van der Waals surface area contributed by atoms with E-state index in [9.17, 15) is 4.79 Å². The van der Waals surface area contributed by atoms with Crippen molar-refractivity contribution in [2.75, 3.05) is 30.4 Å². The lowest BCUT2D eigenvalue weighted by atomic mass is 10.0. The van der Waals surface area contributed by atoms with Crippen LogP contribution >= 0.6 is 25.7 Å². The predicted molar refractivity (Wildman–Crippen MR) is 132 cm³/mol. The van der Waals surface area contributed by atoms with Gasteiger partial charge in [-0.05, 0) is 29.8 Å². The number of hydrogen-bond acceptors (Lipinski definition) is 6. The van der Waals surface area contributed by atoms with Crippen molar-refractivity contribution in [3.05, 3.63) is 78.4 Å². The Morgan fingerprint density at radius 1 is 1.03 bits per heavy atom. The van der Waals surface area contributed by atoms with E-state index in [1.807, 2.05) is 55.6 Å². The number of anilines is 2. The number of benzene rings is 3. The van der Waals surface area contributed by atoms with Crippen LogP contribution in [0, 0.1) is 0 Å². The highest BCUT2D eigenvalue weighted by Gasteiger charge is 2.11. The van der Waals surface area contributed by atoms with Gasteiger partial charge in [0.2, 0.25) is 0 Å². The number of carbonyl (C=O) groups is 1. The Balaban J connectivity index is 0.00000341. The third-order valence-corrected chi connectivity index (χ3v) is 5.10. The normalized spacial score (nSPS) is 10.1. The van der Waals surface area contributed by atoms with Crippen molar-refractivity contribution in [1.29, 1.82) is 0 Å². The van der Waals surface area contributed by atoms with E-state index in [-0.39, 0.29) is 20.1 Å². The molecule has 6 nitrogen and oxygen atoms in total. The molecule has 31 heavy (non-hydrogen) atoms. The molecule has 0 spiro atoms. The van der Waals surface area contributed by atoms with Gasteiger partial charge in [-0.15, -0.1) is 0 Å². The number of ether oxygens (including phenoxy) is 1. The summed E-state index contributed by atoms with van der Waals surface area (Å²) in [7, 11) is 3.51. The molecule has 0 heterocycles. The summed E-state index contributed by atoms with van der Waals surface area (Å²) in [5.41, 5.74) is 5.12. The van der Waals surface area contributed by atoms with Gasteiger partial charge in [0, 0.05) is 36.1 Å². The highest BCUT2D eigenvalue weighted by molar-refractivity contribution is 7.96. The number of carboxylic acids is 1. The van der Waals surface area contributed by atoms with Crippen molar-refractivity contribution >= 4 is 43.1 Å². The lowest BCUT2D eigenvalue weighted by Crippen LogP contribution is -2.11. The zero-order valence-corrected chi connectivity index (χ0v) is 19.2. The van der Waals surface area contributed by atoms with Crippen LogP contribution in [0.15, 0.2) is 72.8 Å². The molecule has 0 atom stereocenters. The van der Waals surface area contributed by atoms with Crippen molar-refractivity contribution in [3.63, 3.8) is 0 Å². The smallest absolute Gasteiger partial charge is 0.331 e. The number of rotatable bonds is 10. The highest BCUT2D eigenvalue weighted by Crippen LogP contribution is 2.33. The van der Waals surface area contributed by atoms with E-state index in [1.54, 1.807) is 11.4 Å². The van der Waals surface area contributed by atoms with Crippen LogP contribution in [0.1, 0.15) is 5.56 Å². The lowest BCUT2D eigenvalue weighted by molar-refractivity contribution is -0.138. The summed E-state index contributed by atoms with van der Waals surface area (Å²) in [6, 6.07) is 24.1. The quantitative estimate of drug-likeness (QED) is 0.320. The number of carboxylic acid groups (broad SMARTS) is 1. The minimum Gasteiger partial charge on any atom is -0.496 e. The summed E-state index contributed by atoms with van der Waals surface area (Å²) in [4.78, 5) is 10.5. The molecule has 0 unspecified atom stereocenters. The van der Waals surface area contributed by atoms with Crippen LogP contribution in [0.5, 0.6) is 5.75 Å². The van der Waals surface area contributed by atoms with Crippen LogP contribution in [-0.2, 0) is 15.5 Å². The van der Waals surface area contributed by atoms with Crippen molar-refractivity contribution in [3.8, 4) is 16.9 Å². The van der Waals surface area contributed by atoms with Gasteiger partial charge in [0.25, 0.3) is 0 Å². The van der Waals surface area contributed by atoms with Gasteiger partial charge in [-0.1, -0.05) is 48.5 Å². The summed E-state index contributed by atoms with van der Waals surface area (Å²) < 4.78 is 12.5. The molecule has 0 bridgehead atoms. The number of methoxy groups -OCH3 is 1. The van der Waals surface area contributed by atoms with Crippen molar-refractivity contribution in [2.45, 2.75) is 6.54 Å². The Hall–Kier alpha value is -2.81.